The van der Waals surface area contributed by atoms with Crippen molar-refractivity contribution in [2.45, 2.75) is 6.42 Å². The molecule has 0 fully saturated rings. The van der Waals surface area contributed by atoms with Crippen molar-refractivity contribution in [3.8, 4) is 0 Å². The summed E-state index contributed by atoms with van der Waals surface area (Å²) in [6.07, 6.45) is 3.41. The molecule has 1 rings (SSSR count). The van der Waals surface area contributed by atoms with Crippen LogP contribution in [-0.2, 0) is 0 Å². The van der Waals surface area contributed by atoms with Crippen molar-refractivity contribution < 1.29 is 4.79 Å². The molecule has 0 aliphatic rings. The lowest BCUT2D eigenvalue weighted by Gasteiger charge is -1.96. The van der Waals surface area contributed by atoms with Gasteiger partial charge in [-0.2, -0.15) is 0 Å². The van der Waals surface area contributed by atoms with Gasteiger partial charge in [0.1, 0.15) is 5.15 Å². The van der Waals surface area contributed by atoms with E-state index >= 15 is 0 Å². The number of allylic oxidation sites excluding steroid dienone is 1. The van der Waals surface area contributed by atoms with Gasteiger partial charge in [-0.05, 0) is 12.1 Å². The Hall–Kier alpha value is -1.15. The molecule has 1 aromatic rings. The number of halogens is 1. The van der Waals surface area contributed by atoms with Crippen LogP contribution in [0.25, 0.3) is 0 Å². The number of carbonyl (C=O) groups is 1. The third-order valence-electron chi connectivity index (χ3n) is 1.38. The number of carbonyl (C=O) groups excluding carboxylic acids is 1. The van der Waals surface area contributed by atoms with E-state index in [4.69, 9.17) is 11.6 Å². The fourth-order valence-electron chi connectivity index (χ4n) is 0.825. The molecule has 0 radical (unpaired) electrons. The molecule has 0 aliphatic carbocycles. The third kappa shape index (κ3) is 2.17. The third-order valence-corrected chi connectivity index (χ3v) is 1.58. The molecule has 0 saturated heterocycles. The molecule has 0 unspecified atom stereocenters. The summed E-state index contributed by atoms with van der Waals surface area (Å²) in [4.78, 5) is 15.0. The van der Waals surface area contributed by atoms with Gasteiger partial charge in [0.25, 0.3) is 0 Å². The van der Waals surface area contributed by atoms with Gasteiger partial charge in [0.15, 0.2) is 5.78 Å². The molecule has 0 atom stereocenters. The van der Waals surface area contributed by atoms with Gasteiger partial charge in [0.05, 0.1) is 0 Å². The van der Waals surface area contributed by atoms with E-state index in [1.807, 2.05) is 0 Å². The predicted octanol–water partition coefficient (Wildman–Crippen LogP) is 2.49. The van der Waals surface area contributed by atoms with Crippen LogP contribution in [0.2, 0.25) is 5.15 Å². The highest BCUT2D eigenvalue weighted by Gasteiger charge is 2.03. The normalized spacial score (nSPS) is 9.42. The molecule has 0 spiro atoms. The highest BCUT2D eigenvalue weighted by Crippen LogP contribution is 2.08. The standard InChI is InChI=1S/C9H8ClNO/c1-2-3-8(12)7-4-5-11-9(10)6-7/h2,4-6H,1,3H2. The zero-order valence-corrected chi connectivity index (χ0v) is 7.21. The SMILES string of the molecule is C=CCC(=O)c1ccnc(Cl)c1. The maximum Gasteiger partial charge on any atom is 0.166 e. The second kappa shape index (κ2) is 4.02. The summed E-state index contributed by atoms with van der Waals surface area (Å²) in [6.45, 7) is 3.48. The van der Waals surface area contributed by atoms with Gasteiger partial charge in [-0.1, -0.05) is 17.7 Å². The van der Waals surface area contributed by atoms with E-state index < -0.39 is 0 Å². The van der Waals surface area contributed by atoms with E-state index in [-0.39, 0.29) is 5.78 Å². The van der Waals surface area contributed by atoms with Crippen LogP contribution >= 0.6 is 11.6 Å². The first-order valence-electron chi connectivity index (χ1n) is 3.49. The van der Waals surface area contributed by atoms with E-state index in [9.17, 15) is 4.79 Å². The highest BCUT2D eigenvalue weighted by molar-refractivity contribution is 6.29. The molecular weight excluding hydrogens is 174 g/mol. The van der Waals surface area contributed by atoms with Crippen molar-refractivity contribution in [3.63, 3.8) is 0 Å². The topological polar surface area (TPSA) is 30.0 Å². The fourth-order valence-corrected chi connectivity index (χ4v) is 0.999. The molecule has 3 heteroatoms. The van der Waals surface area contributed by atoms with Gasteiger partial charge in [-0.3, -0.25) is 4.79 Å². The lowest BCUT2D eigenvalue weighted by molar-refractivity contribution is 0.0996. The lowest BCUT2D eigenvalue weighted by Crippen LogP contribution is -1.96. The molecule has 62 valence electrons. The van der Waals surface area contributed by atoms with Gasteiger partial charge in [0.2, 0.25) is 0 Å². The van der Waals surface area contributed by atoms with Crippen molar-refractivity contribution in [2.75, 3.05) is 0 Å². The van der Waals surface area contributed by atoms with Crippen LogP contribution < -0.4 is 0 Å². The zero-order chi connectivity index (χ0) is 8.97. The molecule has 0 bridgehead atoms. The number of aromatic nitrogens is 1. The summed E-state index contributed by atoms with van der Waals surface area (Å²) in [6, 6.07) is 3.19. The van der Waals surface area contributed by atoms with E-state index in [1.165, 1.54) is 6.20 Å². The van der Waals surface area contributed by atoms with Gasteiger partial charge < -0.3 is 0 Å². The minimum absolute atomic E-state index is 0.00861. The molecule has 12 heavy (non-hydrogen) atoms. The van der Waals surface area contributed by atoms with Crippen LogP contribution in [0, 0.1) is 0 Å². The quantitative estimate of drug-likeness (QED) is 0.408. The van der Waals surface area contributed by atoms with Crippen molar-refractivity contribution >= 4 is 17.4 Å². The summed E-state index contributed by atoms with van der Waals surface area (Å²) in [5, 5.41) is 0.338. The summed E-state index contributed by atoms with van der Waals surface area (Å²) in [5.41, 5.74) is 0.579. The summed E-state index contributed by atoms with van der Waals surface area (Å²) in [5.74, 6) is 0.00861. The molecule has 0 aromatic carbocycles. The second-order valence-corrected chi connectivity index (χ2v) is 2.67. The Balaban J connectivity index is 2.87. The average Bonchev–Trinajstić information content (AvgIpc) is 2.05. The van der Waals surface area contributed by atoms with Crippen LogP contribution in [-0.4, -0.2) is 10.8 Å². The van der Waals surface area contributed by atoms with Gasteiger partial charge in [-0.15, -0.1) is 6.58 Å². The number of hydrogen-bond donors (Lipinski definition) is 0. The molecule has 0 saturated carbocycles. The number of nitrogens with zero attached hydrogens (tertiary/aromatic N) is 1. The van der Waals surface area contributed by atoms with Gasteiger partial charge >= 0.3 is 0 Å². The number of pyridine rings is 1. The Morgan fingerprint density at radius 1 is 1.75 bits per heavy atom. The average molecular weight is 182 g/mol. The first kappa shape index (κ1) is 8.94. The highest BCUT2D eigenvalue weighted by atomic mass is 35.5. The van der Waals surface area contributed by atoms with Crippen molar-refractivity contribution in [1.29, 1.82) is 0 Å². The van der Waals surface area contributed by atoms with Crippen LogP contribution in [0.4, 0.5) is 0 Å². The fraction of sp³-hybridized carbons (Fsp3) is 0.111. The molecular formula is C9H8ClNO. The lowest BCUT2D eigenvalue weighted by atomic mass is 10.1. The number of rotatable bonds is 3. The first-order chi connectivity index (χ1) is 5.74. The Bertz CT molecular complexity index is 309. The molecule has 2 nitrogen and oxygen atoms in total. The largest absolute Gasteiger partial charge is 0.294 e. The van der Waals surface area contributed by atoms with Crippen molar-refractivity contribution in [1.82, 2.24) is 4.98 Å². The van der Waals surface area contributed by atoms with E-state index in [0.717, 1.165) is 0 Å². The molecule has 1 heterocycles. The number of hydrogen-bond acceptors (Lipinski definition) is 2. The van der Waals surface area contributed by atoms with Crippen molar-refractivity contribution in [2.24, 2.45) is 0 Å². The number of Topliss-reactive ketones (excluding diaryl/α,β-unsaturated/α-hetero) is 1. The maximum absolute atomic E-state index is 11.2. The zero-order valence-electron chi connectivity index (χ0n) is 6.46. The Labute approximate surface area is 75.9 Å². The van der Waals surface area contributed by atoms with Gasteiger partial charge in [0, 0.05) is 18.2 Å². The minimum atomic E-state index is 0.00861. The molecule has 0 N–H and O–H groups in total. The molecule has 1 aromatic heterocycles. The summed E-state index contributed by atoms with van der Waals surface area (Å²) < 4.78 is 0. The Morgan fingerprint density at radius 2 is 2.50 bits per heavy atom. The second-order valence-electron chi connectivity index (χ2n) is 2.28. The smallest absolute Gasteiger partial charge is 0.166 e. The number of ketones is 1. The predicted molar refractivity (Wildman–Crippen MR) is 48.4 cm³/mol. The molecule has 0 amide bonds. The first-order valence-corrected chi connectivity index (χ1v) is 3.87. The van der Waals surface area contributed by atoms with E-state index in [0.29, 0.717) is 17.1 Å². The van der Waals surface area contributed by atoms with Crippen molar-refractivity contribution in [3.05, 3.63) is 41.7 Å². The van der Waals surface area contributed by atoms with Crippen LogP contribution in [0.5, 0.6) is 0 Å². The molecule has 0 aliphatic heterocycles. The van der Waals surface area contributed by atoms with Crippen LogP contribution in [0.1, 0.15) is 16.8 Å². The van der Waals surface area contributed by atoms with Gasteiger partial charge in [-0.25, -0.2) is 4.98 Å². The van der Waals surface area contributed by atoms with Crippen LogP contribution in [0.3, 0.4) is 0 Å². The van der Waals surface area contributed by atoms with E-state index in [1.54, 1.807) is 18.2 Å². The minimum Gasteiger partial charge on any atom is -0.294 e. The Kier molecular flexibility index (Phi) is 3.00. The maximum atomic E-state index is 11.2. The monoisotopic (exact) mass is 181 g/mol. The van der Waals surface area contributed by atoms with Crippen LogP contribution in [0.15, 0.2) is 31.0 Å². The summed E-state index contributed by atoms with van der Waals surface area (Å²) >= 11 is 5.60. The summed E-state index contributed by atoms with van der Waals surface area (Å²) in [7, 11) is 0. The van der Waals surface area contributed by atoms with E-state index in [2.05, 4.69) is 11.6 Å². The Morgan fingerprint density at radius 3 is 3.08 bits per heavy atom.